The molecule has 8 heteroatoms. The Hall–Kier alpha value is -2.38. The van der Waals surface area contributed by atoms with Gasteiger partial charge in [-0.1, -0.05) is 6.07 Å². The monoisotopic (exact) mass is 330 g/mol. The Labute approximate surface area is 129 Å². The number of nitrogens with zero attached hydrogens (tertiary/aromatic N) is 2. The number of benzene rings is 1. The van der Waals surface area contributed by atoms with Gasteiger partial charge in [0.25, 0.3) is 0 Å². The normalized spacial score (nSPS) is 13.0. The smallest absolute Gasteiger partial charge is 0.430 e. The van der Waals surface area contributed by atoms with Gasteiger partial charge in [0.1, 0.15) is 5.82 Å². The Morgan fingerprint density at radius 3 is 2.43 bits per heavy atom. The molecule has 1 aromatic heterocycles. The maximum atomic E-state index is 13.3. The molecule has 0 saturated heterocycles. The number of ether oxygens (including phenoxy) is 1. The van der Waals surface area contributed by atoms with Crippen molar-refractivity contribution in [2.24, 2.45) is 7.05 Å². The van der Waals surface area contributed by atoms with Crippen LogP contribution in [0.5, 0.6) is 0 Å². The third-order valence-electron chi connectivity index (χ3n) is 3.41. The Balaban J connectivity index is 2.39. The van der Waals surface area contributed by atoms with Gasteiger partial charge in [0.15, 0.2) is 0 Å². The highest BCUT2D eigenvalue weighted by molar-refractivity contribution is 5.89. The molecule has 0 saturated carbocycles. The van der Waals surface area contributed by atoms with Crippen LogP contribution < -0.4 is 0 Å². The summed E-state index contributed by atoms with van der Waals surface area (Å²) in [6.45, 7) is 2.85. The highest BCUT2D eigenvalue weighted by atomic mass is 19.4. The topological polar surface area (TPSA) is 44.1 Å². The summed E-state index contributed by atoms with van der Waals surface area (Å²) in [5, 5.41) is 3.90. The van der Waals surface area contributed by atoms with E-state index in [0.717, 1.165) is 12.1 Å². The van der Waals surface area contributed by atoms with Crippen LogP contribution in [0.1, 0.15) is 33.4 Å². The summed E-state index contributed by atoms with van der Waals surface area (Å²) in [6.07, 6.45) is -7.28. The van der Waals surface area contributed by atoms with E-state index in [1.165, 1.54) is 37.7 Å². The number of halogens is 4. The number of carbonyl (C=O) groups is 1. The Morgan fingerprint density at radius 2 is 1.96 bits per heavy atom. The van der Waals surface area contributed by atoms with Crippen molar-refractivity contribution in [3.8, 4) is 0 Å². The molecule has 0 N–H and O–H groups in total. The number of hydrogen-bond donors (Lipinski definition) is 0. The first-order valence-corrected chi connectivity index (χ1v) is 6.64. The molecule has 0 radical (unpaired) electrons. The largest absolute Gasteiger partial charge is 0.444 e. The summed E-state index contributed by atoms with van der Waals surface area (Å²) >= 11 is 0. The van der Waals surface area contributed by atoms with Gasteiger partial charge in [0.2, 0.25) is 6.10 Å². The molecule has 2 rings (SSSR count). The zero-order chi connectivity index (χ0) is 17.4. The van der Waals surface area contributed by atoms with Gasteiger partial charge in [-0.2, -0.15) is 18.3 Å². The summed E-state index contributed by atoms with van der Waals surface area (Å²) in [5.41, 5.74) is -0.167. The Morgan fingerprint density at radius 1 is 1.30 bits per heavy atom. The van der Waals surface area contributed by atoms with Crippen molar-refractivity contribution in [3.05, 3.63) is 52.6 Å². The number of aryl methyl sites for hydroxylation is 2. The van der Waals surface area contributed by atoms with Crippen molar-refractivity contribution in [1.29, 1.82) is 0 Å². The molecule has 0 aliphatic carbocycles. The lowest BCUT2D eigenvalue weighted by Gasteiger charge is -2.21. The van der Waals surface area contributed by atoms with E-state index in [2.05, 4.69) is 9.84 Å². The number of hydrogen-bond acceptors (Lipinski definition) is 3. The number of alkyl halides is 3. The summed E-state index contributed by atoms with van der Waals surface area (Å²) in [4.78, 5) is 11.9. The van der Waals surface area contributed by atoms with Crippen molar-refractivity contribution in [1.82, 2.24) is 9.78 Å². The van der Waals surface area contributed by atoms with Gasteiger partial charge in [-0.05, 0) is 32.0 Å². The van der Waals surface area contributed by atoms with E-state index >= 15 is 0 Å². The average Bonchev–Trinajstić information content (AvgIpc) is 2.68. The first-order valence-electron chi connectivity index (χ1n) is 6.64. The van der Waals surface area contributed by atoms with Crippen molar-refractivity contribution in [2.75, 3.05) is 0 Å². The highest BCUT2D eigenvalue weighted by Crippen LogP contribution is 2.39. The molecular weight excluding hydrogens is 316 g/mol. The predicted octanol–water partition coefficient (Wildman–Crippen LogP) is 3.64. The number of rotatable bonds is 3. The van der Waals surface area contributed by atoms with Crippen molar-refractivity contribution < 1.29 is 27.1 Å². The summed E-state index contributed by atoms with van der Waals surface area (Å²) < 4.78 is 59.0. The van der Waals surface area contributed by atoms with E-state index in [1.54, 1.807) is 0 Å². The van der Waals surface area contributed by atoms with Crippen LogP contribution >= 0.6 is 0 Å². The molecule has 1 atom stereocenters. The number of aromatic nitrogens is 2. The van der Waals surface area contributed by atoms with Crippen LogP contribution in [0.2, 0.25) is 0 Å². The fourth-order valence-corrected chi connectivity index (χ4v) is 2.25. The lowest BCUT2D eigenvalue weighted by molar-refractivity contribution is -0.207. The summed E-state index contributed by atoms with van der Waals surface area (Å²) in [7, 11) is 1.49. The molecular formula is C15H14F4N2O2. The van der Waals surface area contributed by atoms with Crippen molar-refractivity contribution in [3.63, 3.8) is 0 Å². The number of esters is 1. The quantitative estimate of drug-likeness (QED) is 0.637. The summed E-state index contributed by atoms with van der Waals surface area (Å²) in [5.74, 6) is -1.99. The molecule has 124 valence electrons. The minimum atomic E-state index is -4.82. The third kappa shape index (κ3) is 3.52. The standard InChI is InChI=1S/C15H14F4N2O2/c1-8-12(9(2)21(3)20-8)13(15(17,18)19)23-14(22)10-5-4-6-11(16)7-10/h4-7,13H,1-3H3/t13-/m0/s1. The molecule has 0 unspecified atom stereocenters. The second-order valence-electron chi connectivity index (χ2n) is 5.05. The molecule has 0 aliphatic heterocycles. The molecule has 0 spiro atoms. The lowest BCUT2D eigenvalue weighted by atomic mass is 10.1. The van der Waals surface area contributed by atoms with Crippen molar-refractivity contribution >= 4 is 5.97 Å². The maximum Gasteiger partial charge on any atom is 0.430 e. The maximum absolute atomic E-state index is 13.3. The van der Waals surface area contributed by atoms with Crippen LogP contribution in [0.25, 0.3) is 0 Å². The zero-order valence-corrected chi connectivity index (χ0v) is 12.6. The van der Waals surface area contributed by atoms with Gasteiger partial charge in [-0.15, -0.1) is 0 Å². The van der Waals surface area contributed by atoms with Crippen LogP contribution in [-0.4, -0.2) is 21.9 Å². The Kier molecular flexibility index (Phi) is 4.44. The van der Waals surface area contributed by atoms with Gasteiger partial charge < -0.3 is 4.74 Å². The predicted molar refractivity (Wildman–Crippen MR) is 73.3 cm³/mol. The lowest BCUT2D eigenvalue weighted by Crippen LogP contribution is -2.27. The minimum Gasteiger partial charge on any atom is -0.444 e. The molecule has 0 fully saturated rings. The molecule has 0 amide bonds. The van der Waals surface area contributed by atoms with E-state index in [9.17, 15) is 22.4 Å². The van der Waals surface area contributed by atoms with E-state index in [4.69, 9.17) is 0 Å². The fraction of sp³-hybridized carbons (Fsp3) is 0.333. The fourth-order valence-electron chi connectivity index (χ4n) is 2.25. The van der Waals surface area contributed by atoms with Crippen LogP contribution in [-0.2, 0) is 11.8 Å². The van der Waals surface area contributed by atoms with E-state index < -0.39 is 24.1 Å². The van der Waals surface area contributed by atoms with E-state index in [1.807, 2.05) is 0 Å². The first kappa shape index (κ1) is 17.0. The average molecular weight is 330 g/mol. The first-order chi connectivity index (χ1) is 10.6. The minimum absolute atomic E-state index is 0.111. The molecule has 0 aliphatic rings. The molecule has 0 bridgehead atoms. The molecule has 1 heterocycles. The SMILES string of the molecule is Cc1nn(C)c(C)c1[C@H](OC(=O)c1cccc(F)c1)C(F)(F)F. The number of carbonyl (C=O) groups excluding carboxylic acids is 1. The van der Waals surface area contributed by atoms with Crippen LogP contribution in [0.4, 0.5) is 17.6 Å². The van der Waals surface area contributed by atoms with Crippen LogP contribution in [0.15, 0.2) is 24.3 Å². The van der Waals surface area contributed by atoms with E-state index in [-0.39, 0.29) is 22.5 Å². The van der Waals surface area contributed by atoms with Crippen LogP contribution in [0, 0.1) is 19.7 Å². The van der Waals surface area contributed by atoms with Gasteiger partial charge in [0.05, 0.1) is 11.3 Å². The molecule has 4 nitrogen and oxygen atoms in total. The second-order valence-corrected chi connectivity index (χ2v) is 5.05. The third-order valence-corrected chi connectivity index (χ3v) is 3.41. The Bertz CT molecular complexity index is 738. The van der Waals surface area contributed by atoms with Gasteiger partial charge in [-0.25, -0.2) is 9.18 Å². The van der Waals surface area contributed by atoms with E-state index in [0.29, 0.717) is 0 Å². The summed E-state index contributed by atoms with van der Waals surface area (Å²) in [6, 6.07) is 4.29. The van der Waals surface area contributed by atoms with Gasteiger partial charge in [0, 0.05) is 18.3 Å². The van der Waals surface area contributed by atoms with Gasteiger partial charge in [-0.3, -0.25) is 4.68 Å². The van der Waals surface area contributed by atoms with Gasteiger partial charge >= 0.3 is 12.1 Å². The van der Waals surface area contributed by atoms with Crippen LogP contribution in [0.3, 0.4) is 0 Å². The molecule has 1 aromatic carbocycles. The molecule has 23 heavy (non-hydrogen) atoms. The molecule has 2 aromatic rings. The highest BCUT2D eigenvalue weighted by Gasteiger charge is 2.46. The van der Waals surface area contributed by atoms with Crippen molar-refractivity contribution in [2.45, 2.75) is 26.1 Å². The zero-order valence-electron chi connectivity index (χ0n) is 12.6. The second kappa shape index (κ2) is 6.02.